The maximum absolute atomic E-state index is 12.3. The summed E-state index contributed by atoms with van der Waals surface area (Å²) in [6, 6.07) is 2.46. The van der Waals surface area contributed by atoms with Gasteiger partial charge in [0.1, 0.15) is 0 Å². The molecule has 0 N–H and O–H groups in total. The molecular weight excluding hydrogens is 245 g/mol. The zero-order valence-electron chi connectivity index (χ0n) is 6.87. The van der Waals surface area contributed by atoms with Gasteiger partial charge in [0.2, 0.25) is 0 Å². The molecular formula is C9H7BrF3. The molecule has 0 aliphatic carbocycles. The van der Waals surface area contributed by atoms with E-state index < -0.39 is 11.7 Å². The number of rotatable bonds is 0. The first-order chi connectivity index (χ1) is 5.82. The highest BCUT2D eigenvalue weighted by Crippen LogP contribution is 2.34. The molecule has 71 valence electrons. The van der Waals surface area contributed by atoms with Gasteiger partial charge in [0.25, 0.3) is 0 Å². The van der Waals surface area contributed by atoms with Crippen LogP contribution in [0.1, 0.15) is 16.7 Å². The van der Waals surface area contributed by atoms with Crippen molar-refractivity contribution in [1.82, 2.24) is 0 Å². The van der Waals surface area contributed by atoms with Crippen molar-refractivity contribution in [2.24, 2.45) is 0 Å². The zero-order valence-corrected chi connectivity index (χ0v) is 8.46. The molecule has 0 saturated heterocycles. The number of alkyl halides is 3. The summed E-state index contributed by atoms with van der Waals surface area (Å²) in [4.78, 5) is 0. The van der Waals surface area contributed by atoms with Gasteiger partial charge in [-0.05, 0) is 37.1 Å². The second-order valence-corrected chi connectivity index (χ2v) is 3.61. The normalized spacial score (nSPS) is 11.8. The van der Waals surface area contributed by atoms with Crippen LogP contribution in [-0.4, -0.2) is 0 Å². The third-order valence-corrected chi connectivity index (χ3v) is 2.44. The van der Waals surface area contributed by atoms with Crippen molar-refractivity contribution < 1.29 is 13.2 Å². The van der Waals surface area contributed by atoms with Crippen molar-refractivity contribution in [3.8, 4) is 0 Å². The van der Waals surface area contributed by atoms with E-state index in [2.05, 4.69) is 22.9 Å². The highest BCUT2D eigenvalue weighted by molar-refractivity contribution is 9.10. The third kappa shape index (κ3) is 2.24. The summed E-state index contributed by atoms with van der Waals surface area (Å²) in [6.45, 7) is 4.91. The Morgan fingerprint density at radius 2 is 1.85 bits per heavy atom. The standard InChI is InChI=1S/C9H7BrF3/c1-5-4-8(10)6(2)3-7(5)9(11,12)13/h3-4H,2H2,1H3. The molecule has 1 aromatic carbocycles. The summed E-state index contributed by atoms with van der Waals surface area (Å²) in [7, 11) is 0. The number of aryl methyl sites for hydroxylation is 1. The minimum Gasteiger partial charge on any atom is -0.166 e. The maximum atomic E-state index is 12.3. The molecule has 0 unspecified atom stereocenters. The largest absolute Gasteiger partial charge is 0.416 e. The summed E-state index contributed by atoms with van der Waals surface area (Å²) in [5.74, 6) is 0. The van der Waals surface area contributed by atoms with Crippen molar-refractivity contribution in [2.45, 2.75) is 13.1 Å². The van der Waals surface area contributed by atoms with Gasteiger partial charge >= 0.3 is 6.18 Å². The van der Waals surface area contributed by atoms with E-state index in [1.165, 1.54) is 13.0 Å². The van der Waals surface area contributed by atoms with Gasteiger partial charge in [0, 0.05) is 4.47 Å². The molecule has 0 spiro atoms. The van der Waals surface area contributed by atoms with Crippen molar-refractivity contribution in [3.05, 3.63) is 40.2 Å². The predicted molar refractivity (Wildman–Crippen MR) is 48.3 cm³/mol. The molecule has 0 nitrogen and oxygen atoms in total. The van der Waals surface area contributed by atoms with E-state index in [0.29, 0.717) is 10.0 Å². The Labute approximate surface area is 82.9 Å². The van der Waals surface area contributed by atoms with Crippen LogP contribution < -0.4 is 0 Å². The Morgan fingerprint density at radius 3 is 2.31 bits per heavy atom. The molecule has 0 aliphatic heterocycles. The van der Waals surface area contributed by atoms with Crippen LogP contribution in [0, 0.1) is 13.8 Å². The first-order valence-electron chi connectivity index (χ1n) is 3.51. The Bertz CT molecular complexity index is 328. The second kappa shape index (κ2) is 3.33. The van der Waals surface area contributed by atoms with Crippen molar-refractivity contribution in [3.63, 3.8) is 0 Å². The smallest absolute Gasteiger partial charge is 0.166 e. The molecule has 13 heavy (non-hydrogen) atoms. The molecule has 0 saturated carbocycles. The minimum absolute atomic E-state index is 0.201. The highest BCUT2D eigenvalue weighted by atomic mass is 79.9. The summed E-state index contributed by atoms with van der Waals surface area (Å²) in [6.07, 6.45) is -4.29. The van der Waals surface area contributed by atoms with Crippen LogP contribution in [0.2, 0.25) is 0 Å². The summed E-state index contributed by atoms with van der Waals surface area (Å²) >= 11 is 3.12. The fourth-order valence-electron chi connectivity index (χ4n) is 1.02. The summed E-state index contributed by atoms with van der Waals surface area (Å²) in [5.41, 5.74) is -0.0783. The van der Waals surface area contributed by atoms with E-state index in [4.69, 9.17) is 0 Å². The third-order valence-electron chi connectivity index (χ3n) is 1.70. The van der Waals surface area contributed by atoms with Gasteiger partial charge in [-0.1, -0.05) is 15.9 Å². The van der Waals surface area contributed by atoms with Crippen molar-refractivity contribution >= 4 is 15.9 Å². The van der Waals surface area contributed by atoms with Crippen LogP contribution in [0.25, 0.3) is 0 Å². The Hall–Kier alpha value is -0.510. The second-order valence-electron chi connectivity index (χ2n) is 2.76. The van der Waals surface area contributed by atoms with Crippen LogP contribution in [0.15, 0.2) is 16.6 Å². The minimum atomic E-state index is -4.29. The fraction of sp³-hybridized carbons (Fsp3) is 0.222. The maximum Gasteiger partial charge on any atom is 0.416 e. The first-order valence-corrected chi connectivity index (χ1v) is 4.31. The quantitative estimate of drug-likeness (QED) is 0.655. The lowest BCUT2D eigenvalue weighted by Crippen LogP contribution is -2.07. The topological polar surface area (TPSA) is 0 Å². The van der Waals surface area contributed by atoms with Crippen LogP contribution in [0.5, 0.6) is 0 Å². The lowest BCUT2D eigenvalue weighted by molar-refractivity contribution is -0.138. The fourth-order valence-corrected chi connectivity index (χ4v) is 1.48. The number of benzene rings is 1. The van der Waals surface area contributed by atoms with Crippen LogP contribution in [0.4, 0.5) is 13.2 Å². The molecule has 0 bridgehead atoms. The zero-order chi connectivity index (χ0) is 10.2. The van der Waals surface area contributed by atoms with Crippen molar-refractivity contribution in [2.75, 3.05) is 0 Å². The van der Waals surface area contributed by atoms with E-state index in [0.717, 1.165) is 6.07 Å². The van der Waals surface area contributed by atoms with Crippen LogP contribution in [-0.2, 0) is 6.18 Å². The Kier molecular flexibility index (Phi) is 2.71. The lowest BCUT2D eigenvalue weighted by Gasteiger charge is -2.11. The van der Waals surface area contributed by atoms with Gasteiger partial charge in [-0.15, -0.1) is 0 Å². The van der Waals surface area contributed by atoms with Gasteiger partial charge in [0.05, 0.1) is 5.56 Å². The van der Waals surface area contributed by atoms with Gasteiger partial charge in [0.15, 0.2) is 0 Å². The average molecular weight is 252 g/mol. The lowest BCUT2D eigenvalue weighted by atomic mass is 10.1. The SMILES string of the molecule is [CH2]c1cc(C(F)(F)F)c(C)cc1Br. The number of hydrogen-bond donors (Lipinski definition) is 0. The average Bonchev–Trinajstić information content (AvgIpc) is 1.94. The van der Waals surface area contributed by atoms with E-state index in [1.54, 1.807) is 0 Å². The summed E-state index contributed by atoms with van der Waals surface area (Å²) in [5, 5.41) is 0. The first kappa shape index (κ1) is 10.6. The number of hydrogen-bond acceptors (Lipinski definition) is 0. The van der Waals surface area contributed by atoms with Crippen molar-refractivity contribution in [1.29, 1.82) is 0 Å². The van der Waals surface area contributed by atoms with Gasteiger partial charge < -0.3 is 0 Å². The van der Waals surface area contributed by atoms with E-state index in [-0.39, 0.29) is 5.56 Å². The van der Waals surface area contributed by atoms with Gasteiger partial charge in [-0.2, -0.15) is 13.2 Å². The Morgan fingerprint density at radius 1 is 1.31 bits per heavy atom. The molecule has 4 heteroatoms. The van der Waals surface area contributed by atoms with Crippen LogP contribution in [0.3, 0.4) is 0 Å². The van der Waals surface area contributed by atoms with Gasteiger partial charge in [-0.3, -0.25) is 0 Å². The predicted octanol–water partition coefficient (Wildman–Crippen LogP) is 3.96. The molecule has 0 atom stereocenters. The molecule has 0 aromatic heterocycles. The van der Waals surface area contributed by atoms with E-state index >= 15 is 0 Å². The molecule has 0 aliphatic rings. The number of halogens is 4. The van der Waals surface area contributed by atoms with Gasteiger partial charge in [-0.25, -0.2) is 0 Å². The molecule has 0 fully saturated rings. The Balaban J connectivity index is 3.32. The van der Waals surface area contributed by atoms with E-state index in [9.17, 15) is 13.2 Å². The monoisotopic (exact) mass is 251 g/mol. The van der Waals surface area contributed by atoms with Crippen LogP contribution >= 0.6 is 15.9 Å². The molecule has 1 rings (SSSR count). The summed E-state index contributed by atoms with van der Waals surface area (Å²) < 4.78 is 37.5. The molecule has 1 radical (unpaired) electrons. The molecule has 0 amide bonds. The molecule has 1 aromatic rings. The van der Waals surface area contributed by atoms with E-state index in [1.807, 2.05) is 0 Å². The molecule has 0 heterocycles. The highest BCUT2D eigenvalue weighted by Gasteiger charge is 2.32.